The molecule has 11 nitrogen and oxygen atoms in total. The lowest BCUT2D eigenvalue weighted by Gasteiger charge is -2.18. The second kappa shape index (κ2) is 10.4. The van der Waals surface area contributed by atoms with Gasteiger partial charge in [0.1, 0.15) is 5.82 Å². The van der Waals surface area contributed by atoms with Crippen molar-refractivity contribution >= 4 is 23.3 Å². The van der Waals surface area contributed by atoms with E-state index >= 15 is 0 Å². The highest BCUT2D eigenvalue weighted by Crippen LogP contribution is 2.29. The number of nitrogens with zero attached hydrogens (tertiary/aromatic N) is 6. The van der Waals surface area contributed by atoms with Gasteiger partial charge in [-0.3, -0.25) is 34.0 Å². The Morgan fingerprint density at radius 1 is 0.897 bits per heavy atom. The number of rotatable bonds is 9. The number of imide groups is 1. The van der Waals surface area contributed by atoms with E-state index in [1.807, 2.05) is 19.0 Å². The molecule has 196 valence electrons. The summed E-state index contributed by atoms with van der Waals surface area (Å²) in [6, 6.07) is 19.0. The molecule has 0 saturated heterocycles. The van der Waals surface area contributed by atoms with Crippen molar-refractivity contribution in [2.24, 2.45) is 0 Å². The standard InChI is InChI=1S/C28H24N6O5/c1-31(2)15-14-24-29-30-25(17-32-27(36)20-10-6-7-11-21(20)28(32)37)33(24)23-13-12-19(34(38)39)16-22(23)26(35)18-8-4-3-5-9-18/h3-13,16H,14-15,17H2,1-2H3. The van der Waals surface area contributed by atoms with Crippen LogP contribution in [0.1, 0.15) is 48.3 Å². The Balaban J connectivity index is 1.64. The molecule has 0 aliphatic carbocycles. The predicted molar refractivity (Wildman–Crippen MR) is 141 cm³/mol. The number of amides is 2. The van der Waals surface area contributed by atoms with Crippen molar-refractivity contribution in [1.82, 2.24) is 24.6 Å². The highest BCUT2D eigenvalue weighted by Gasteiger charge is 2.36. The number of carbonyl (C=O) groups is 3. The van der Waals surface area contributed by atoms with Gasteiger partial charge in [-0.15, -0.1) is 10.2 Å². The first-order chi connectivity index (χ1) is 18.8. The molecule has 0 fully saturated rings. The van der Waals surface area contributed by atoms with Gasteiger partial charge in [0.05, 0.1) is 33.8 Å². The van der Waals surface area contributed by atoms with Gasteiger partial charge in [-0.05, 0) is 32.3 Å². The fraction of sp³-hybridized carbons (Fsp3) is 0.179. The minimum atomic E-state index is -0.565. The summed E-state index contributed by atoms with van der Waals surface area (Å²) >= 11 is 0. The van der Waals surface area contributed by atoms with Crippen molar-refractivity contribution in [3.05, 3.63) is 117 Å². The van der Waals surface area contributed by atoms with Crippen LogP contribution in [0, 0.1) is 10.1 Å². The first kappa shape index (κ1) is 25.6. The van der Waals surface area contributed by atoms with Crippen molar-refractivity contribution < 1.29 is 19.3 Å². The van der Waals surface area contributed by atoms with Crippen molar-refractivity contribution in [3.8, 4) is 5.69 Å². The highest BCUT2D eigenvalue weighted by molar-refractivity contribution is 6.21. The number of fused-ring (bicyclic) bond motifs is 1. The maximum atomic E-state index is 13.6. The number of aromatic nitrogens is 3. The number of benzene rings is 3. The third-order valence-corrected chi connectivity index (χ3v) is 6.47. The Hall–Kier alpha value is -5.03. The smallest absolute Gasteiger partial charge is 0.270 e. The molecule has 3 aromatic carbocycles. The lowest BCUT2D eigenvalue weighted by atomic mass is 10.0. The first-order valence-corrected chi connectivity index (χ1v) is 12.2. The second-order valence-electron chi connectivity index (χ2n) is 9.32. The molecule has 1 aromatic heterocycles. The van der Waals surface area contributed by atoms with Crippen LogP contribution in [0.2, 0.25) is 0 Å². The van der Waals surface area contributed by atoms with Gasteiger partial charge < -0.3 is 4.90 Å². The molecular formula is C28H24N6O5. The molecule has 1 aliphatic rings. The zero-order valence-corrected chi connectivity index (χ0v) is 21.3. The van der Waals surface area contributed by atoms with E-state index in [9.17, 15) is 24.5 Å². The molecule has 1 aliphatic heterocycles. The molecule has 11 heteroatoms. The molecular weight excluding hydrogens is 500 g/mol. The molecule has 0 unspecified atom stereocenters. The summed E-state index contributed by atoms with van der Waals surface area (Å²) in [5.41, 5.74) is 1.10. The quantitative estimate of drug-likeness (QED) is 0.141. The molecule has 0 bridgehead atoms. The minimum absolute atomic E-state index is 0.0740. The van der Waals surface area contributed by atoms with Gasteiger partial charge in [-0.2, -0.15) is 0 Å². The van der Waals surface area contributed by atoms with E-state index in [1.165, 1.54) is 18.2 Å². The summed E-state index contributed by atoms with van der Waals surface area (Å²) in [5, 5.41) is 20.2. The zero-order chi connectivity index (χ0) is 27.7. The topological polar surface area (TPSA) is 132 Å². The van der Waals surface area contributed by atoms with Crippen LogP contribution in [0.3, 0.4) is 0 Å². The van der Waals surface area contributed by atoms with Gasteiger partial charge in [0.15, 0.2) is 11.6 Å². The van der Waals surface area contributed by atoms with Gasteiger partial charge in [-0.1, -0.05) is 42.5 Å². The number of hydrogen-bond acceptors (Lipinski definition) is 8. The van der Waals surface area contributed by atoms with Crippen LogP contribution in [0.25, 0.3) is 5.69 Å². The lowest BCUT2D eigenvalue weighted by molar-refractivity contribution is -0.384. The number of ketones is 1. The largest absolute Gasteiger partial charge is 0.309 e. The van der Waals surface area contributed by atoms with Gasteiger partial charge in [0, 0.05) is 30.7 Å². The Bertz CT molecular complexity index is 1580. The monoisotopic (exact) mass is 524 g/mol. The van der Waals surface area contributed by atoms with Gasteiger partial charge in [0.25, 0.3) is 17.5 Å². The van der Waals surface area contributed by atoms with Crippen molar-refractivity contribution in [2.75, 3.05) is 20.6 Å². The molecule has 2 amide bonds. The van der Waals surface area contributed by atoms with Crippen LogP contribution in [0.15, 0.2) is 72.8 Å². The van der Waals surface area contributed by atoms with Crippen molar-refractivity contribution in [3.63, 3.8) is 0 Å². The molecule has 0 radical (unpaired) electrons. The average molecular weight is 525 g/mol. The fourth-order valence-electron chi connectivity index (χ4n) is 4.50. The molecule has 0 saturated carbocycles. The number of nitro benzene ring substituents is 1. The molecule has 4 aromatic rings. The molecule has 2 heterocycles. The number of nitro groups is 1. The van der Waals surface area contributed by atoms with E-state index in [1.54, 1.807) is 59.2 Å². The third kappa shape index (κ3) is 4.82. The Labute approximate surface area is 223 Å². The maximum absolute atomic E-state index is 13.6. The Morgan fingerprint density at radius 3 is 2.13 bits per heavy atom. The van der Waals surface area contributed by atoms with E-state index in [2.05, 4.69) is 10.2 Å². The molecule has 39 heavy (non-hydrogen) atoms. The van der Waals surface area contributed by atoms with Gasteiger partial charge >= 0.3 is 0 Å². The summed E-state index contributed by atoms with van der Waals surface area (Å²) in [7, 11) is 3.80. The molecule has 0 atom stereocenters. The van der Waals surface area contributed by atoms with Crippen LogP contribution in [0.5, 0.6) is 0 Å². The van der Waals surface area contributed by atoms with Crippen LogP contribution >= 0.6 is 0 Å². The van der Waals surface area contributed by atoms with Crippen LogP contribution in [-0.2, 0) is 13.0 Å². The van der Waals surface area contributed by atoms with Crippen LogP contribution < -0.4 is 0 Å². The molecule has 0 N–H and O–H groups in total. The third-order valence-electron chi connectivity index (χ3n) is 6.47. The predicted octanol–water partition coefficient (Wildman–Crippen LogP) is 3.31. The van der Waals surface area contributed by atoms with Crippen molar-refractivity contribution in [1.29, 1.82) is 0 Å². The Kier molecular flexibility index (Phi) is 6.82. The van der Waals surface area contributed by atoms with E-state index in [4.69, 9.17) is 0 Å². The molecule has 5 rings (SSSR count). The van der Waals surface area contributed by atoms with Gasteiger partial charge in [0.2, 0.25) is 0 Å². The summed E-state index contributed by atoms with van der Waals surface area (Å²) < 4.78 is 1.62. The number of likely N-dealkylation sites (N-methyl/N-ethyl adjacent to an activating group) is 1. The normalized spacial score (nSPS) is 12.7. The van der Waals surface area contributed by atoms with Gasteiger partial charge in [-0.25, -0.2) is 0 Å². The summed E-state index contributed by atoms with van der Waals surface area (Å²) in [4.78, 5) is 53.8. The number of non-ortho nitro benzene ring substituents is 1. The summed E-state index contributed by atoms with van der Waals surface area (Å²) in [6.45, 7) is 0.400. The first-order valence-electron chi connectivity index (χ1n) is 12.2. The minimum Gasteiger partial charge on any atom is -0.309 e. The molecule has 0 spiro atoms. The SMILES string of the molecule is CN(C)CCc1nnc(CN2C(=O)c3ccccc3C2=O)n1-c1ccc([N+](=O)[O-])cc1C(=O)c1ccccc1. The number of carbonyl (C=O) groups excluding carboxylic acids is 3. The number of hydrogen-bond donors (Lipinski definition) is 0. The Morgan fingerprint density at radius 2 is 1.51 bits per heavy atom. The van der Waals surface area contributed by atoms with Crippen LogP contribution in [0.4, 0.5) is 5.69 Å². The highest BCUT2D eigenvalue weighted by atomic mass is 16.6. The van der Waals surface area contributed by atoms with E-state index in [0.717, 1.165) is 4.90 Å². The lowest BCUT2D eigenvalue weighted by Crippen LogP contribution is -2.30. The maximum Gasteiger partial charge on any atom is 0.270 e. The van der Waals surface area contributed by atoms with Crippen LogP contribution in [-0.4, -0.2) is 67.7 Å². The zero-order valence-electron chi connectivity index (χ0n) is 21.3. The summed E-state index contributed by atoms with van der Waals surface area (Å²) in [5.74, 6) is -0.609. The second-order valence-corrected chi connectivity index (χ2v) is 9.32. The van der Waals surface area contributed by atoms with E-state index in [0.29, 0.717) is 41.2 Å². The van der Waals surface area contributed by atoms with E-state index < -0.39 is 22.5 Å². The van der Waals surface area contributed by atoms with E-state index in [-0.39, 0.29) is 23.6 Å². The fourth-order valence-corrected chi connectivity index (χ4v) is 4.50. The van der Waals surface area contributed by atoms with Crippen molar-refractivity contribution in [2.45, 2.75) is 13.0 Å². The average Bonchev–Trinajstić information content (AvgIpc) is 3.45. The summed E-state index contributed by atoms with van der Waals surface area (Å²) in [6.07, 6.45) is 0.429.